The van der Waals surface area contributed by atoms with Gasteiger partial charge >= 0.3 is 0 Å². The van der Waals surface area contributed by atoms with Crippen molar-refractivity contribution in [2.45, 2.75) is 0 Å². The number of nitrogens with zero attached hydrogens (tertiary/aromatic N) is 1. The molecule has 0 unspecified atom stereocenters. The number of nitrogens with one attached hydrogen (secondary N) is 1. The number of hydrogen-bond donors (Lipinski definition) is 1. The fourth-order valence-corrected chi connectivity index (χ4v) is 1.09. The maximum atomic E-state index is 9.79. The summed E-state index contributed by atoms with van der Waals surface area (Å²) in [5.74, 6) is 0. The molecule has 1 aliphatic rings. The van der Waals surface area contributed by atoms with Crippen LogP contribution in [0, 0.1) is 0 Å². The number of ether oxygens (including phenoxy) is 1. The van der Waals surface area contributed by atoms with E-state index >= 15 is 0 Å². The van der Waals surface area contributed by atoms with E-state index in [9.17, 15) is 4.79 Å². The summed E-state index contributed by atoms with van der Waals surface area (Å²) in [5.41, 5.74) is 2.15. The Morgan fingerprint density at radius 3 is 2.92 bits per heavy atom. The summed E-state index contributed by atoms with van der Waals surface area (Å²) in [6.45, 7) is 4.85. The van der Waals surface area contributed by atoms with Crippen LogP contribution in [0.1, 0.15) is 0 Å². The van der Waals surface area contributed by atoms with E-state index in [1.807, 2.05) is 0 Å². The molecule has 0 saturated carbocycles. The molecule has 0 atom stereocenters. The molecule has 0 aromatic rings. The zero-order valence-corrected chi connectivity index (χ0v) is 6.99. The topological polar surface area (TPSA) is 50.8 Å². The van der Waals surface area contributed by atoms with Crippen molar-refractivity contribution in [2.24, 2.45) is 0 Å². The van der Waals surface area contributed by atoms with Gasteiger partial charge in [-0.15, -0.1) is 0 Å². The van der Waals surface area contributed by atoms with Gasteiger partial charge in [-0.1, -0.05) is 0 Å². The van der Waals surface area contributed by atoms with Crippen LogP contribution >= 0.6 is 0 Å². The molecule has 1 heterocycles. The fraction of sp³-hybridized carbons (Fsp3) is 0.857. The van der Waals surface area contributed by atoms with E-state index in [0.717, 1.165) is 32.8 Å². The Hall–Kier alpha value is -0.650. The molecule has 5 heteroatoms. The third-order valence-electron chi connectivity index (χ3n) is 1.74. The van der Waals surface area contributed by atoms with Gasteiger partial charge in [-0.25, -0.2) is 5.48 Å². The van der Waals surface area contributed by atoms with E-state index in [1.165, 1.54) is 0 Å². The number of morpholine rings is 1. The Labute approximate surface area is 71.6 Å². The summed E-state index contributed by atoms with van der Waals surface area (Å²) in [6, 6.07) is 0. The molecule has 12 heavy (non-hydrogen) atoms. The maximum Gasteiger partial charge on any atom is 0.230 e. The van der Waals surface area contributed by atoms with Crippen molar-refractivity contribution in [3.05, 3.63) is 0 Å². The van der Waals surface area contributed by atoms with Crippen molar-refractivity contribution in [1.82, 2.24) is 10.4 Å². The Balaban J connectivity index is 1.94. The van der Waals surface area contributed by atoms with Crippen molar-refractivity contribution < 1.29 is 14.4 Å². The predicted molar refractivity (Wildman–Crippen MR) is 42.4 cm³/mol. The van der Waals surface area contributed by atoms with Gasteiger partial charge in [0.15, 0.2) is 0 Å². The van der Waals surface area contributed by atoms with E-state index in [1.54, 1.807) is 0 Å². The zero-order chi connectivity index (χ0) is 8.65. The molecule has 0 aromatic heterocycles. The van der Waals surface area contributed by atoms with Gasteiger partial charge in [-0.2, -0.15) is 0 Å². The van der Waals surface area contributed by atoms with Gasteiger partial charge in [0.2, 0.25) is 6.41 Å². The second-order valence-electron chi connectivity index (χ2n) is 2.54. The van der Waals surface area contributed by atoms with E-state index in [4.69, 9.17) is 9.57 Å². The van der Waals surface area contributed by atoms with Crippen LogP contribution in [0.25, 0.3) is 0 Å². The minimum atomic E-state index is 0.527. The minimum Gasteiger partial charge on any atom is -0.379 e. The number of carbonyl (C=O) groups excluding carboxylic acids is 1. The van der Waals surface area contributed by atoms with E-state index < -0.39 is 0 Å². The molecule has 1 aliphatic heterocycles. The Morgan fingerprint density at radius 2 is 2.25 bits per heavy atom. The van der Waals surface area contributed by atoms with Crippen LogP contribution in [-0.2, 0) is 14.4 Å². The lowest BCUT2D eigenvalue weighted by Gasteiger charge is -2.25. The summed E-state index contributed by atoms with van der Waals surface area (Å²) >= 11 is 0. The highest BCUT2D eigenvalue weighted by Crippen LogP contribution is 1.94. The minimum absolute atomic E-state index is 0.527. The summed E-state index contributed by atoms with van der Waals surface area (Å²) in [7, 11) is 0. The highest BCUT2D eigenvalue weighted by Gasteiger charge is 2.08. The van der Waals surface area contributed by atoms with Gasteiger partial charge in [0.05, 0.1) is 19.8 Å². The van der Waals surface area contributed by atoms with E-state index in [-0.39, 0.29) is 0 Å². The Morgan fingerprint density at radius 1 is 1.50 bits per heavy atom. The molecule has 0 radical (unpaired) electrons. The van der Waals surface area contributed by atoms with Gasteiger partial charge in [0.25, 0.3) is 0 Å². The van der Waals surface area contributed by atoms with Crippen molar-refractivity contribution in [3.8, 4) is 0 Å². The lowest BCUT2D eigenvalue weighted by molar-refractivity contribution is -0.121. The lowest BCUT2D eigenvalue weighted by Crippen LogP contribution is -2.38. The highest BCUT2D eigenvalue weighted by molar-refractivity contribution is 5.43. The lowest BCUT2D eigenvalue weighted by atomic mass is 10.4. The molecule has 70 valence electrons. The molecule has 1 N–H and O–H groups in total. The largest absolute Gasteiger partial charge is 0.379 e. The van der Waals surface area contributed by atoms with Crippen molar-refractivity contribution >= 4 is 6.41 Å². The quantitative estimate of drug-likeness (QED) is 0.330. The number of hydroxylamine groups is 1. The van der Waals surface area contributed by atoms with Crippen LogP contribution in [-0.4, -0.2) is 50.8 Å². The highest BCUT2D eigenvalue weighted by atomic mass is 16.6. The van der Waals surface area contributed by atoms with Crippen molar-refractivity contribution in [1.29, 1.82) is 0 Å². The first-order valence-electron chi connectivity index (χ1n) is 4.04. The molecule has 0 bridgehead atoms. The molecule has 0 aliphatic carbocycles. The number of rotatable bonds is 5. The van der Waals surface area contributed by atoms with Gasteiger partial charge in [0, 0.05) is 19.6 Å². The van der Waals surface area contributed by atoms with Crippen LogP contribution in [0.4, 0.5) is 0 Å². The first-order chi connectivity index (χ1) is 5.93. The average Bonchev–Trinajstić information content (AvgIpc) is 2.14. The molecular formula is C7H14N2O3. The van der Waals surface area contributed by atoms with Crippen molar-refractivity contribution in [3.63, 3.8) is 0 Å². The normalized spacial score (nSPS) is 19.0. The first-order valence-corrected chi connectivity index (χ1v) is 4.04. The summed E-state index contributed by atoms with van der Waals surface area (Å²) in [6.07, 6.45) is 0.527. The molecule has 0 spiro atoms. The fourth-order valence-electron chi connectivity index (χ4n) is 1.09. The predicted octanol–water partition coefficient (Wildman–Crippen LogP) is -1.00. The molecule has 1 amide bonds. The molecular weight excluding hydrogens is 160 g/mol. The van der Waals surface area contributed by atoms with Crippen LogP contribution < -0.4 is 5.48 Å². The Bertz CT molecular complexity index is 126. The second kappa shape index (κ2) is 5.93. The number of hydrogen-bond acceptors (Lipinski definition) is 4. The van der Waals surface area contributed by atoms with Gasteiger partial charge in [0.1, 0.15) is 0 Å². The third kappa shape index (κ3) is 3.66. The standard InChI is InChI=1S/C7H14N2O3/c10-7-8-12-6-3-9-1-4-11-5-2-9/h7H,1-6H2,(H,8,10). The number of carbonyl (C=O) groups is 1. The summed E-state index contributed by atoms with van der Waals surface area (Å²) in [5, 5.41) is 0. The SMILES string of the molecule is O=CNOCCN1CCOCC1. The molecule has 0 aromatic carbocycles. The van der Waals surface area contributed by atoms with Gasteiger partial charge in [-0.05, 0) is 0 Å². The smallest absolute Gasteiger partial charge is 0.230 e. The Kier molecular flexibility index (Phi) is 4.67. The molecule has 1 rings (SSSR count). The van der Waals surface area contributed by atoms with E-state index in [2.05, 4.69) is 10.4 Å². The molecule has 1 saturated heterocycles. The summed E-state index contributed by atoms with van der Waals surface area (Å²) < 4.78 is 5.17. The first kappa shape index (κ1) is 9.44. The number of amides is 1. The maximum absolute atomic E-state index is 9.79. The monoisotopic (exact) mass is 174 g/mol. The second-order valence-corrected chi connectivity index (χ2v) is 2.54. The third-order valence-corrected chi connectivity index (χ3v) is 1.74. The molecule has 5 nitrogen and oxygen atoms in total. The van der Waals surface area contributed by atoms with Crippen molar-refractivity contribution in [2.75, 3.05) is 39.5 Å². The zero-order valence-electron chi connectivity index (χ0n) is 6.99. The molecule has 1 fully saturated rings. The van der Waals surface area contributed by atoms with Crippen LogP contribution in [0.5, 0.6) is 0 Å². The average molecular weight is 174 g/mol. The van der Waals surface area contributed by atoms with E-state index in [0.29, 0.717) is 13.0 Å². The van der Waals surface area contributed by atoms with Crippen LogP contribution in [0.15, 0.2) is 0 Å². The summed E-state index contributed by atoms with van der Waals surface area (Å²) in [4.78, 5) is 16.8. The van der Waals surface area contributed by atoms with Gasteiger partial charge < -0.3 is 4.74 Å². The van der Waals surface area contributed by atoms with Crippen LogP contribution in [0.3, 0.4) is 0 Å². The van der Waals surface area contributed by atoms with Gasteiger partial charge in [-0.3, -0.25) is 14.5 Å². The van der Waals surface area contributed by atoms with Crippen LogP contribution in [0.2, 0.25) is 0 Å².